The molecule has 32 heavy (non-hydrogen) atoms. The fraction of sp³-hybridized carbons (Fsp3) is 0.500. The van der Waals surface area contributed by atoms with E-state index in [4.69, 9.17) is 4.74 Å². The average Bonchev–Trinajstić information content (AvgIpc) is 2.81. The second-order valence-corrected chi connectivity index (χ2v) is 9.06. The monoisotopic (exact) mass is 434 g/mol. The molecular formula is C26H34N4O2. The number of hydrogen-bond acceptors (Lipinski definition) is 5. The molecule has 6 nitrogen and oxygen atoms in total. The third kappa shape index (κ3) is 5.94. The molecule has 4 rings (SSSR count). The Bertz CT molecular complexity index is 933. The Hall–Kier alpha value is -2.73. The highest BCUT2D eigenvalue weighted by atomic mass is 16.5. The van der Waals surface area contributed by atoms with Crippen LogP contribution >= 0.6 is 0 Å². The lowest BCUT2D eigenvalue weighted by atomic mass is 9.89. The number of benzene rings is 1. The second kappa shape index (κ2) is 10.7. The number of carbonyl (C=O) groups is 1. The summed E-state index contributed by atoms with van der Waals surface area (Å²) in [5, 5.41) is 2.97. The van der Waals surface area contributed by atoms with Crippen molar-refractivity contribution in [2.45, 2.75) is 45.4 Å². The highest BCUT2D eigenvalue weighted by Crippen LogP contribution is 2.26. The summed E-state index contributed by atoms with van der Waals surface area (Å²) in [4.78, 5) is 24.6. The van der Waals surface area contributed by atoms with Gasteiger partial charge in [0.15, 0.2) is 0 Å². The first-order valence-electron chi connectivity index (χ1n) is 11.8. The smallest absolute Gasteiger partial charge is 0.259 e. The maximum absolute atomic E-state index is 13.0. The molecule has 1 aliphatic heterocycles. The number of aryl methyl sites for hydroxylation is 1. The topological polar surface area (TPSA) is 67.3 Å². The Balaban J connectivity index is 1.35. The van der Waals surface area contributed by atoms with Gasteiger partial charge in [0.05, 0.1) is 18.4 Å². The summed E-state index contributed by atoms with van der Waals surface area (Å²) in [5.74, 6) is 2.68. The largest absolute Gasteiger partial charge is 0.497 e. The number of amides is 1. The van der Waals surface area contributed by atoms with Gasteiger partial charge in [-0.15, -0.1) is 0 Å². The summed E-state index contributed by atoms with van der Waals surface area (Å²) < 4.78 is 5.19. The first kappa shape index (κ1) is 22.5. The van der Waals surface area contributed by atoms with Gasteiger partial charge in [0.25, 0.3) is 5.91 Å². The SMILES string of the molecule is COc1ccc(NC(=O)c2cnc(C)nc2CC2CCN(C[C@@H]3CC=CCC3)CC2)cc1. The van der Waals surface area contributed by atoms with E-state index in [1.807, 2.05) is 31.2 Å². The van der Waals surface area contributed by atoms with E-state index < -0.39 is 0 Å². The molecule has 1 N–H and O–H groups in total. The van der Waals surface area contributed by atoms with Crippen molar-refractivity contribution in [1.82, 2.24) is 14.9 Å². The maximum Gasteiger partial charge on any atom is 0.259 e. The van der Waals surface area contributed by atoms with Crippen molar-refractivity contribution in [3.05, 3.63) is 59.7 Å². The average molecular weight is 435 g/mol. The number of nitrogens with one attached hydrogen (secondary N) is 1. The van der Waals surface area contributed by atoms with Crippen molar-refractivity contribution < 1.29 is 9.53 Å². The molecule has 170 valence electrons. The number of nitrogens with zero attached hydrogens (tertiary/aromatic N) is 3. The van der Waals surface area contributed by atoms with Crippen molar-refractivity contribution in [3.8, 4) is 5.75 Å². The molecule has 0 saturated carbocycles. The van der Waals surface area contributed by atoms with Crippen molar-refractivity contribution >= 4 is 11.6 Å². The van der Waals surface area contributed by atoms with Crippen LogP contribution in [0, 0.1) is 18.8 Å². The summed E-state index contributed by atoms with van der Waals surface area (Å²) in [5.41, 5.74) is 2.16. The van der Waals surface area contributed by atoms with Crippen molar-refractivity contribution in [3.63, 3.8) is 0 Å². The zero-order valence-corrected chi connectivity index (χ0v) is 19.2. The van der Waals surface area contributed by atoms with Crippen LogP contribution in [0.15, 0.2) is 42.6 Å². The Morgan fingerprint density at radius 1 is 1.12 bits per heavy atom. The molecule has 1 amide bonds. The van der Waals surface area contributed by atoms with E-state index in [-0.39, 0.29) is 5.91 Å². The number of aromatic nitrogens is 2. The minimum absolute atomic E-state index is 0.159. The van der Waals surface area contributed by atoms with E-state index in [9.17, 15) is 4.79 Å². The molecule has 6 heteroatoms. The minimum Gasteiger partial charge on any atom is -0.497 e. The van der Waals surface area contributed by atoms with Crippen LogP contribution in [0.2, 0.25) is 0 Å². The highest BCUT2D eigenvalue weighted by Gasteiger charge is 2.24. The van der Waals surface area contributed by atoms with Crippen LogP contribution in [0.1, 0.15) is 54.0 Å². The third-order valence-electron chi connectivity index (χ3n) is 6.66. The Labute approximate surface area is 191 Å². The normalized spacial score (nSPS) is 19.6. The summed E-state index contributed by atoms with van der Waals surface area (Å²) in [6.07, 6.45) is 13.3. The van der Waals surface area contributed by atoms with Crippen LogP contribution in [-0.2, 0) is 6.42 Å². The van der Waals surface area contributed by atoms with Crippen LogP contribution in [-0.4, -0.2) is 47.5 Å². The van der Waals surface area contributed by atoms with E-state index in [1.165, 1.54) is 25.8 Å². The van der Waals surface area contributed by atoms with Crippen molar-refractivity contribution in [1.29, 1.82) is 0 Å². The lowest BCUT2D eigenvalue weighted by Crippen LogP contribution is -2.38. The summed E-state index contributed by atoms with van der Waals surface area (Å²) >= 11 is 0. The molecule has 2 heterocycles. The lowest BCUT2D eigenvalue weighted by molar-refractivity contribution is 0.102. The molecular weight excluding hydrogens is 400 g/mol. The first-order valence-corrected chi connectivity index (χ1v) is 11.8. The maximum atomic E-state index is 13.0. The molecule has 0 spiro atoms. The number of ether oxygens (including phenoxy) is 1. The predicted octanol–water partition coefficient (Wildman–Crippen LogP) is 4.66. The number of allylic oxidation sites excluding steroid dienone is 2. The molecule has 0 radical (unpaired) electrons. The number of carbonyl (C=O) groups excluding carboxylic acids is 1. The fourth-order valence-corrected chi connectivity index (χ4v) is 4.77. The van der Waals surface area contributed by atoms with Gasteiger partial charge in [-0.2, -0.15) is 0 Å². The zero-order valence-electron chi connectivity index (χ0n) is 19.2. The molecule has 2 aromatic rings. The quantitative estimate of drug-likeness (QED) is 0.642. The molecule has 1 aliphatic carbocycles. The number of anilines is 1. The van der Waals surface area contributed by atoms with Gasteiger partial charge < -0.3 is 15.0 Å². The predicted molar refractivity (Wildman–Crippen MR) is 127 cm³/mol. The molecule has 1 fully saturated rings. The number of methoxy groups -OCH3 is 1. The van der Waals surface area contributed by atoms with Gasteiger partial charge in [0.2, 0.25) is 0 Å². The van der Waals surface area contributed by atoms with Crippen LogP contribution < -0.4 is 10.1 Å². The Morgan fingerprint density at radius 2 is 1.91 bits per heavy atom. The van der Waals surface area contributed by atoms with E-state index in [0.29, 0.717) is 17.3 Å². The standard InChI is InChI=1S/C26H34N4O2/c1-19-27-17-24(26(31)29-22-8-10-23(32-2)11-9-22)25(28-19)16-20-12-14-30(15-13-20)18-21-6-4-3-5-7-21/h3-4,8-11,17,20-21H,5-7,12-16,18H2,1-2H3,(H,29,31)/t21-/m1/s1. The van der Waals surface area contributed by atoms with E-state index >= 15 is 0 Å². The summed E-state index contributed by atoms with van der Waals surface area (Å²) in [7, 11) is 1.63. The second-order valence-electron chi connectivity index (χ2n) is 9.06. The molecule has 0 bridgehead atoms. The molecule has 1 aromatic carbocycles. The van der Waals surface area contributed by atoms with Gasteiger partial charge in [-0.05, 0) is 94.6 Å². The van der Waals surface area contributed by atoms with Crippen LogP contribution in [0.25, 0.3) is 0 Å². The summed E-state index contributed by atoms with van der Waals surface area (Å²) in [6, 6.07) is 7.34. The lowest BCUT2D eigenvalue weighted by Gasteiger charge is -2.34. The van der Waals surface area contributed by atoms with Gasteiger partial charge >= 0.3 is 0 Å². The van der Waals surface area contributed by atoms with Gasteiger partial charge in [0, 0.05) is 18.4 Å². The van der Waals surface area contributed by atoms with E-state index in [0.717, 1.165) is 55.4 Å². The number of rotatable bonds is 7. The van der Waals surface area contributed by atoms with Gasteiger partial charge in [0.1, 0.15) is 11.6 Å². The molecule has 1 aromatic heterocycles. The number of piperidine rings is 1. The Morgan fingerprint density at radius 3 is 2.59 bits per heavy atom. The van der Waals surface area contributed by atoms with Crippen molar-refractivity contribution in [2.24, 2.45) is 11.8 Å². The molecule has 0 unspecified atom stereocenters. The molecule has 2 aliphatic rings. The molecule has 1 saturated heterocycles. The van der Waals surface area contributed by atoms with Gasteiger partial charge in [-0.3, -0.25) is 4.79 Å². The minimum atomic E-state index is -0.159. The van der Waals surface area contributed by atoms with E-state index in [1.54, 1.807) is 13.3 Å². The van der Waals surface area contributed by atoms with Crippen molar-refractivity contribution in [2.75, 3.05) is 32.1 Å². The van der Waals surface area contributed by atoms with Crippen LogP contribution in [0.5, 0.6) is 5.75 Å². The summed E-state index contributed by atoms with van der Waals surface area (Å²) in [6.45, 7) is 5.39. The number of likely N-dealkylation sites (tertiary alicyclic amines) is 1. The van der Waals surface area contributed by atoms with E-state index in [2.05, 4.69) is 32.3 Å². The first-order chi connectivity index (χ1) is 15.6. The van der Waals surface area contributed by atoms with Crippen LogP contribution in [0.3, 0.4) is 0 Å². The zero-order chi connectivity index (χ0) is 22.3. The Kier molecular flexibility index (Phi) is 7.53. The van der Waals surface area contributed by atoms with Crippen LogP contribution in [0.4, 0.5) is 5.69 Å². The van der Waals surface area contributed by atoms with Gasteiger partial charge in [-0.25, -0.2) is 9.97 Å². The number of hydrogen-bond donors (Lipinski definition) is 1. The van der Waals surface area contributed by atoms with Gasteiger partial charge in [-0.1, -0.05) is 12.2 Å². The fourth-order valence-electron chi connectivity index (χ4n) is 4.77. The molecule has 1 atom stereocenters. The highest BCUT2D eigenvalue weighted by molar-refractivity contribution is 6.04. The third-order valence-corrected chi connectivity index (χ3v) is 6.66.